The highest BCUT2D eigenvalue weighted by atomic mass is 79.9. The van der Waals surface area contributed by atoms with Crippen LogP contribution in [0.25, 0.3) is 5.69 Å². The third-order valence-electron chi connectivity index (χ3n) is 2.02. The summed E-state index contributed by atoms with van der Waals surface area (Å²) in [5.74, 6) is -0.467. The van der Waals surface area contributed by atoms with Crippen molar-refractivity contribution >= 4 is 21.8 Å². The van der Waals surface area contributed by atoms with Crippen LogP contribution in [0, 0.1) is 0 Å². The van der Waals surface area contributed by atoms with Gasteiger partial charge in [-0.1, -0.05) is 6.07 Å². The lowest BCUT2D eigenvalue weighted by molar-refractivity contribution is 0.0999. The highest BCUT2D eigenvalue weighted by Crippen LogP contribution is 2.22. The van der Waals surface area contributed by atoms with E-state index in [-0.39, 0.29) is 0 Å². The van der Waals surface area contributed by atoms with Gasteiger partial charge in [-0.25, -0.2) is 4.98 Å². The summed E-state index contributed by atoms with van der Waals surface area (Å²) in [7, 11) is 0. The molecular weight excluding hydrogens is 258 g/mol. The molecule has 2 N–H and O–H groups in total. The number of rotatable bonds is 2. The predicted octanol–water partition coefficient (Wildman–Crippen LogP) is 1.73. The molecule has 4 nitrogen and oxygen atoms in total. The van der Waals surface area contributed by atoms with Gasteiger partial charge in [0.15, 0.2) is 0 Å². The van der Waals surface area contributed by atoms with Crippen LogP contribution in [0.2, 0.25) is 0 Å². The van der Waals surface area contributed by atoms with Gasteiger partial charge in [0, 0.05) is 16.9 Å². The Morgan fingerprint density at radius 2 is 2.27 bits per heavy atom. The second-order valence-corrected chi connectivity index (χ2v) is 3.82. The monoisotopic (exact) mass is 265 g/mol. The molecule has 0 aliphatic heterocycles. The van der Waals surface area contributed by atoms with Crippen LogP contribution in [0.5, 0.6) is 0 Å². The van der Waals surface area contributed by atoms with Crippen LogP contribution in [0.4, 0.5) is 0 Å². The maximum absolute atomic E-state index is 11.3. The Labute approximate surface area is 94.9 Å². The summed E-state index contributed by atoms with van der Waals surface area (Å²) in [6.45, 7) is 0. The average Bonchev–Trinajstić information content (AvgIpc) is 2.69. The van der Waals surface area contributed by atoms with Gasteiger partial charge in [0.05, 0.1) is 17.6 Å². The van der Waals surface area contributed by atoms with Gasteiger partial charge < -0.3 is 10.3 Å². The summed E-state index contributed by atoms with van der Waals surface area (Å²) < 4.78 is 2.42. The minimum absolute atomic E-state index is 0.454. The minimum atomic E-state index is -0.467. The number of halogens is 1. The number of carbonyl (C=O) groups is 1. The van der Waals surface area contributed by atoms with Crippen molar-refractivity contribution in [3.05, 3.63) is 47.0 Å². The fourth-order valence-electron chi connectivity index (χ4n) is 1.37. The molecule has 0 aliphatic rings. The topological polar surface area (TPSA) is 60.9 Å². The second-order valence-electron chi connectivity index (χ2n) is 2.97. The average molecular weight is 266 g/mol. The van der Waals surface area contributed by atoms with Crippen molar-refractivity contribution in [2.24, 2.45) is 5.73 Å². The molecule has 1 aromatic carbocycles. The van der Waals surface area contributed by atoms with Gasteiger partial charge in [-0.2, -0.15) is 0 Å². The first kappa shape index (κ1) is 9.92. The van der Waals surface area contributed by atoms with Crippen LogP contribution < -0.4 is 5.73 Å². The zero-order chi connectivity index (χ0) is 10.8. The van der Waals surface area contributed by atoms with Crippen molar-refractivity contribution in [2.75, 3.05) is 0 Å². The molecule has 5 heteroatoms. The van der Waals surface area contributed by atoms with E-state index in [1.54, 1.807) is 29.4 Å². The van der Waals surface area contributed by atoms with E-state index in [2.05, 4.69) is 20.9 Å². The molecule has 76 valence electrons. The highest BCUT2D eigenvalue weighted by molar-refractivity contribution is 9.10. The number of nitrogens with zero attached hydrogens (tertiary/aromatic N) is 2. The second kappa shape index (κ2) is 3.86. The third kappa shape index (κ3) is 1.78. The Kier molecular flexibility index (Phi) is 2.55. The van der Waals surface area contributed by atoms with Crippen molar-refractivity contribution in [1.82, 2.24) is 9.55 Å². The van der Waals surface area contributed by atoms with E-state index in [1.165, 1.54) is 0 Å². The van der Waals surface area contributed by atoms with E-state index in [0.717, 1.165) is 5.69 Å². The van der Waals surface area contributed by atoms with Crippen LogP contribution in [-0.2, 0) is 0 Å². The lowest BCUT2D eigenvalue weighted by Gasteiger charge is -2.08. The molecule has 2 rings (SSSR count). The number of benzene rings is 1. The predicted molar refractivity (Wildman–Crippen MR) is 59.8 cm³/mol. The number of carbonyl (C=O) groups excluding carboxylic acids is 1. The number of hydrogen-bond donors (Lipinski definition) is 1. The molecule has 2 aromatic rings. The number of primary amides is 1. The number of nitrogens with two attached hydrogens (primary N) is 1. The summed E-state index contributed by atoms with van der Waals surface area (Å²) >= 11 is 3.30. The maximum atomic E-state index is 11.3. The quantitative estimate of drug-likeness (QED) is 0.899. The molecular formula is C10H8BrN3O. The van der Waals surface area contributed by atoms with Crippen LogP contribution in [-0.4, -0.2) is 15.5 Å². The van der Waals surface area contributed by atoms with Crippen LogP contribution >= 0.6 is 15.9 Å². The number of imidazole rings is 1. The fourth-order valence-corrected chi connectivity index (χ4v) is 1.92. The van der Waals surface area contributed by atoms with E-state index < -0.39 is 5.91 Å². The smallest absolute Gasteiger partial charge is 0.251 e. The number of amides is 1. The molecule has 0 saturated heterocycles. The van der Waals surface area contributed by atoms with Crippen LogP contribution in [0.1, 0.15) is 10.4 Å². The van der Waals surface area contributed by atoms with E-state index in [4.69, 9.17) is 5.73 Å². The number of aromatic nitrogens is 2. The lowest BCUT2D eigenvalue weighted by atomic mass is 10.1. The molecule has 0 fully saturated rings. The van der Waals surface area contributed by atoms with Crippen molar-refractivity contribution in [3.63, 3.8) is 0 Å². The van der Waals surface area contributed by atoms with E-state index in [0.29, 0.717) is 10.0 Å². The first-order valence-corrected chi connectivity index (χ1v) is 5.06. The molecule has 0 bridgehead atoms. The van der Waals surface area contributed by atoms with Gasteiger partial charge in [-0.3, -0.25) is 4.79 Å². The SMILES string of the molecule is NC(=O)c1c(Br)cccc1-n1ccnc1. The van der Waals surface area contributed by atoms with Gasteiger partial charge in [-0.05, 0) is 28.1 Å². The summed E-state index contributed by atoms with van der Waals surface area (Å²) in [5.41, 5.74) is 6.49. The molecule has 0 aliphatic carbocycles. The first-order valence-electron chi connectivity index (χ1n) is 4.27. The Balaban J connectivity index is 2.66. The summed E-state index contributed by atoms with van der Waals surface area (Å²) in [6, 6.07) is 5.43. The summed E-state index contributed by atoms with van der Waals surface area (Å²) in [5, 5.41) is 0. The van der Waals surface area contributed by atoms with Crippen LogP contribution in [0.15, 0.2) is 41.4 Å². The highest BCUT2D eigenvalue weighted by Gasteiger charge is 2.12. The largest absolute Gasteiger partial charge is 0.365 e. The van der Waals surface area contributed by atoms with Gasteiger partial charge in [-0.15, -0.1) is 0 Å². The normalized spacial score (nSPS) is 10.2. The molecule has 0 saturated carbocycles. The van der Waals surface area contributed by atoms with Gasteiger partial charge >= 0.3 is 0 Å². The molecule has 0 atom stereocenters. The van der Waals surface area contributed by atoms with Crippen molar-refractivity contribution in [1.29, 1.82) is 0 Å². The summed E-state index contributed by atoms with van der Waals surface area (Å²) in [6.07, 6.45) is 5.02. The van der Waals surface area contributed by atoms with Crippen molar-refractivity contribution in [3.8, 4) is 5.69 Å². The Hall–Kier alpha value is -1.62. The van der Waals surface area contributed by atoms with Gasteiger partial charge in [0.2, 0.25) is 0 Å². The van der Waals surface area contributed by atoms with E-state index in [9.17, 15) is 4.79 Å². The number of hydrogen-bond acceptors (Lipinski definition) is 2. The van der Waals surface area contributed by atoms with Gasteiger partial charge in [0.1, 0.15) is 0 Å². The Morgan fingerprint density at radius 1 is 1.47 bits per heavy atom. The minimum Gasteiger partial charge on any atom is -0.365 e. The Morgan fingerprint density at radius 3 is 2.87 bits per heavy atom. The standard InChI is InChI=1S/C10H8BrN3O/c11-7-2-1-3-8(9(7)10(12)15)14-5-4-13-6-14/h1-6H,(H2,12,15). The molecule has 0 unspecified atom stereocenters. The van der Waals surface area contributed by atoms with E-state index >= 15 is 0 Å². The van der Waals surface area contributed by atoms with Crippen molar-refractivity contribution < 1.29 is 4.79 Å². The lowest BCUT2D eigenvalue weighted by Crippen LogP contribution is -2.15. The summed E-state index contributed by atoms with van der Waals surface area (Å²) in [4.78, 5) is 15.2. The molecule has 0 spiro atoms. The van der Waals surface area contributed by atoms with Crippen LogP contribution in [0.3, 0.4) is 0 Å². The molecule has 1 aromatic heterocycles. The zero-order valence-electron chi connectivity index (χ0n) is 7.72. The Bertz CT molecular complexity index is 493. The zero-order valence-corrected chi connectivity index (χ0v) is 9.31. The molecule has 15 heavy (non-hydrogen) atoms. The van der Waals surface area contributed by atoms with E-state index in [1.807, 2.05) is 12.1 Å². The molecule has 0 radical (unpaired) electrons. The van der Waals surface area contributed by atoms with Gasteiger partial charge in [0.25, 0.3) is 5.91 Å². The maximum Gasteiger partial charge on any atom is 0.251 e. The molecule has 1 amide bonds. The molecule has 1 heterocycles. The fraction of sp³-hybridized carbons (Fsp3) is 0. The van der Waals surface area contributed by atoms with Crippen molar-refractivity contribution in [2.45, 2.75) is 0 Å². The first-order chi connectivity index (χ1) is 7.20. The third-order valence-corrected chi connectivity index (χ3v) is 2.68.